The molecule has 1 aliphatic carbocycles. The van der Waals surface area contributed by atoms with E-state index in [0.29, 0.717) is 17.0 Å². The summed E-state index contributed by atoms with van der Waals surface area (Å²) >= 11 is 6.06. The van der Waals surface area contributed by atoms with Crippen molar-refractivity contribution in [1.29, 1.82) is 0 Å². The standard InChI is InChI=1S/C13H9ClFNO3/c14-8-3-1-2-6-11(8)16(10-4-9(10)15)5-7(12(6)17)13(18)19/h1-3,5,9-10H,4H2,(H,18,19)/t9-,10+/m0/s1. The van der Waals surface area contributed by atoms with E-state index in [1.807, 2.05) is 0 Å². The molecule has 0 amide bonds. The van der Waals surface area contributed by atoms with Gasteiger partial charge in [0.05, 0.1) is 16.6 Å². The zero-order chi connectivity index (χ0) is 13.7. The molecule has 98 valence electrons. The van der Waals surface area contributed by atoms with E-state index in [4.69, 9.17) is 16.7 Å². The maximum Gasteiger partial charge on any atom is 0.341 e. The normalized spacial score (nSPS) is 21.6. The second-order valence-corrected chi connectivity index (χ2v) is 4.95. The molecule has 0 spiro atoms. The summed E-state index contributed by atoms with van der Waals surface area (Å²) in [4.78, 5) is 23.1. The lowest BCUT2D eigenvalue weighted by atomic mass is 10.1. The first-order chi connectivity index (χ1) is 9.00. The summed E-state index contributed by atoms with van der Waals surface area (Å²) in [6.45, 7) is 0. The molecule has 0 unspecified atom stereocenters. The highest BCUT2D eigenvalue weighted by Crippen LogP contribution is 2.41. The van der Waals surface area contributed by atoms with Crippen LogP contribution in [0.2, 0.25) is 5.02 Å². The fraction of sp³-hybridized carbons (Fsp3) is 0.231. The van der Waals surface area contributed by atoms with Gasteiger partial charge < -0.3 is 9.67 Å². The van der Waals surface area contributed by atoms with Gasteiger partial charge in [-0.25, -0.2) is 9.18 Å². The SMILES string of the molecule is O=C(O)c1cn([C@@H]2C[C@@H]2F)c2c(Cl)cccc2c1=O. The molecule has 1 aromatic heterocycles. The van der Waals surface area contributed by atoms with Crippen molar-refractivity contribution in [2.45, 2.75) is 18.6 Å². The molecule has 0 bridgehead atoms. The molecule has 0 aliphatic heterocycles. The number of benzene rings is 1. The highest BCUT2D eigenvalue weighted by Gasteiger charge is 2.40. The Balaban J connectivity index is 2.43. The van der Waals surface area contributed by atoms with Gasteiger partial charge in [0.15, 0.2) is 0 Å². The van der Waals surface area contributed by atoms with Gasteiger partial charge in [-0.1, -0.05) is 17.7 Å². The van der Waals surface area contributed by atoms with Crippen LogP contribution in [-0.2, 0) is 0 Å². The maximum atomic E-state index is 13.3. The van der Waals surface area contributed by atoms with Gasteiger partial charge in [-0.3, -0.25) is 4.79 Å². The molecule has 2 aromatic rings. The molecule has 1 N–H and O–H groups in total. The Kier molecular flexibility index (Phi) is 2.60. The summed E-state index contributed by atoms with van der Waals surface area (Å²) in [5, 5.41) is 9.56. The molecule has 6 heteroatoms. The van der Waals surface area contributed by atoms with E-state index in [2.05, 4.69) is 0 Å². The Morgan fingerprint density at radius 2 is 2.16 bits per heavy atom. The van der Waals surface area contributed by atoms with Crippen LogP contribution in [0.1, 0.15) is 22.8 Å². The minimum Gasteiger partial charge on any atom is -0.477 e. The molecule has 1 saturated carbocycles. The molecule has 4 nitrogen and oxygen atoms in total. The molecule has 1 heterocycles. The number of halogens is 2. The zero-order valence-electron chi connectivity index (χ0n) is 9.64. The Labute approximate surface area is 112 Å². The highest BCUT2D eigenvalue weighted by molar-refractivity contribution is 6.35. The average molecular weight is 282 g/mol. The number of fused-ring (bicyclic) bond motifs is 1. The first-order valence-electron chi connectivity index (χ1n) is 5.71. The lowest BCUT2D eigenvalue weighted by molar-refractivity contribution is 0.0694. The summed E-state index contributed by atoms with van der Waals surface area (Å²) in [5.74, 6) is -1.32. The number of hydrogen-bond acceptors (Lipinski definition) is 2. The predicted molar refractivity (Wildman–Crippen MR) is 68.7 cm³/mol. The zero-order valence-corrected chi connectivity index (χ0v) is 10.4. The highest BCUT2D eigenvalue weighted by atomic mass is 35.5. The van der Waals surface area contributed by atoms with E-state index in [9.17, 15) is 14.0 Å². The topological polar surface area (TPSA) is 59.3 Å². The van der Waals surface area contributed by atoms with E-state index >= 15 is 0 Å². The first kappa shape index (κ1) is 12.2. The number of para-hydroxylation sites is 1. The summed E-state index contributed by atoms with van der Waals surface area (Å²) < 4.78 is 14.7. The molecular weight excluding hydrogens is 273 g/mol. The molecule has 0 saturated heterocycles. The monoisotopic (exact) mass is 281 g/mol. The van der Waals surface area contributed by atoms with Gasteiger partial charge in [-0.05, 0) is 12.1 Å². The first-order valence-corrected chi connectivity index (χ1v) is 6.09. The maximum absolute atomic E-state index is 13.3. The summed E-state index contributed by atoms with van der Waals surface area (Å²) in [6.07, 6.45) is 0.467. The van der Waals surface area contributed by atoms with E-state index in [0.717, 1.165) is 0 Å². The van der Waals surface area contributed by atoms with Crippen LogP contribution in [-0.4, -0.2) is 21.8 Å². The minimum atomic E-state index is -1.32. The van der Waals surface area contributed by atoms with Crippen LogP contribution in [0.3, 0.4) is 0 Å². The average Bonchev–Trinajstić information content (AvgIpc) is 3.07. The molecule has 2 atom stereocenters. The molecule has 1 fully saturated rings. The molecule has 1 aliphatic rings. The van der Waals surface area contributed by atoms with Crippen molar-refractivity contribution in [3.05, 3.63) is 45.2 Å². The van der Waals surface area contributed by atoms with Gasteiger partial charge in [0.25, 0.3) is 0 Å². The van der Waals surface area contributed by atoms with Crippen molar-refractivity contribution in [2.75, 3.05) is 0 Å². The van der Waals surface area contributed by atoms with E-state index < -0.39 is 23.6 Å². The quantitative estimate of drug-likeness (QED) is 0.920. The van der Waals surface area contributed by atoms with E-state index in [1.165, 1.54) is 16.8 Å². The molecule has 1 aromatic carbocycles. The number of carbonyl (C=O) groups is 1. The van der Waals surface area contributed by atoms with Crippen molar-refractivity contribution in [3.8, 4) is 0 Å². The van der Waals surface area contributed by atoms with Crippen LogP contribution >= 0.6 is 11.6 Å². The molecular formula is C13H9ClFNO3. The number of carboxylic acid groups (broad SMARTS) is 1. The lowest BCUT2D eigenvalue weighted by Crippen LogP contribution is -2.19. The van der Waals surface area contributed by atoms with Gasteiger partial charge in [0.2, 0.25) is 5.43 Å². The Hall–Kier alpha value is -1.88. The summed E-state index contributed by atoms with van der Waals surface area (Å²) in [7, 11) is 0. The number of rotatable bonds is 2. The van der Waals surface area contributed by atoms with E-state index in [1.54, 1.807) is 12.1 Å². The smallest absolute Gasteiger partial charge is 0.341 e. The Bertz CT molecular complexity index is 755. The number of carboxylic acids is 1. The Morgan fingerprint density at radius 1 is 1.47 bits per heavy atom. The van der Waals surface area contributed by atoms with Crippen molar-refractivity contribution >= 4 is 28.5 Å². The van der Waals surface area contributed by atoms with Gasteiger partial charge >= 0.3 is 5.97 Å². The number of alkyl halides is 1. The molecule has 0 radical (unpaired) electrons. The number of nitrogens with zero attached hydrogens (tertiary/aromatic N) is 1. The van der Waals surface area contributed by atoms with E-state index in [-0.39, 0.29) is 10.9 Å². The fourth-order valence-electron chi connectivity index (χ4n) is 2.22. The predicted octanol–water partition coefficient (Wildman–Crippen LogP) is 2.64. The van der Waals surface area contributed by atoms with Crippen molar-refractivity contribution in [2.24, 2.45) is 0 Å². The third kappa shape index (κ3) is 1.81. The number of aromatic carboxylic acids is 1. The van der Waals surface area contributed by atoms with Gasteiger partial charge in [-0.2, -0.15) is 0 Å². The fourth-order valence-corrected chi connectivity index (χ4v) is 2.49. The van der Waals surface area contributed by atoms with Crippen molar-refractivity contribution in [3.63, 3.8) is 0 Å². The lowest BCUT2D eigenvalue weighted by Gasteiger charge is -2.12. The molecule has 3 rings (SSSR count). The third-order valence-electron chi connectivity index (χ3n) is 3.27. The molecule has 19 heavy (non-hydrogen) atoms. The summed E-state index contributed by atoms with van der Waals surface area (Å²) in [6, 6.07) is 4.22. The minimum absolute atomic E-state index is 0.200. The number of aromatic nitrogens is 1. The number of hydrogen-bond donors (Lipinski definition) is 1. The third-order valence-corrected chi connectivity index (χ3v) is 3.58. The van der Waals surface area contributed by atoms with Crippen LogP contribution in [0.4, 0.5) is 4.39 Å². The van der Waals surface area contributed by atoms with Crippen LogP contribution < -0.4 is 5.43 Å². The van der Waals surface area contributed by atoms with Crippen molar-refractivity contribution < 1.29 is 14.3 Å². The van der Waals surface area contributed by atoms with Crippen molar-refractivity contribution in [1.82, 2.24) is 4.57 Å². The van der Waals surface area contributed by atoms with Gasteiger partial charge in [0.1, 0.15) is 11.7 Å². The second kappa shape index (κ2) is 4.06. The van der Waals surface area contributed by atoms with Crippen LogP contribution in [0, 0.1) is 0 Å². The van der Waals surface area contributed by atoms with Crippen LogP contribution in [0.15, 0.2) is 29.2 Å². The Morgan fingerprint density at radius 3 is 2.74 bits per heavy atom. The summed E-state index contributed by atoms with van der Waals surface area (Å²) in [5.41, 5.74) is -0.574. The largest absolute Gasteiger partial charge is 0.477 e. The number of pyridine rings is 1. The second-order valence-electron chi connectivity index (χ2n) is 4.54. The van der Waals surface area contributed by atoms with Crippen LogP contribution in [0.25, 0.3) is 10.9 Å². The van der Waals surface area contributed by atoms with Gasteiger partial charge in [-0.15, -0.1) is 0 Å². The van der Waals surface area contributed by atoms with Crippen LogP contribution in [0.5, 0.6) is 0 Å². The van der Waals surface area contributed by atoms with Gasteiger partial charge in [0, 0.05) is 18.0 Å².